The molecule has 2 aromatic rings. The number of sulfonamides is 1. The largest absolute Gasteiger partial charge is 0.483 e. The van der Waals surface area contributed by atoms with Crippen LogP contribution in [0.15, 0.2) is 35.3 Å². The lowest BCUT2D eigenvalue weighted by Gasteiger charge is -2.36. The number of anilines is 1. The molecule has 2 unspecified atom stereocenters. The molecule has 2 heterocycles. The van der Waals surface area contributed by atoms with Crippen LogP contribution in [0.4, 0.5) is 5.69 Å². The topological polar surface area (TPSA) is 94.0 Å². The van der Waals surface area contributed by atoms with E-state index in [0.29, 0.717) is 49.0 Å². The summed E-state index contributed by atoms with van der Waals surface area (Å²) >= 11 is 6.16. The molecule has 0 bridgehead atoms. The van der Waals surface area contributed by atoms with E-state index < -0.39 is 15.3 Å². The normalized spacial score (nSPS) is 21.5. The van der Waals surface area contributed by atoms with E-state index in [1.165, 1.54) is 8.99 Å². The molecule has 11 heteroatoms. The van der Waals surface area contributed by atoms with Crippen LogP contribution in [0.1, 0.15) is 47.0 Å². The summed E-state index contributed by atoms with van der Waals surface area (Å²) in [6, 6.07) is 6.94. The third kappa shape index (κ3) is 5.88. The zero-order valence-electron chi connectivity index (χ0n) is 21.3. The van der Waals surface area contributed by atoms with Crippen molar-refractivity contribution >= 4 is 27.3 Å². The van der Waals surface area contributed by atoms with Crippen molar-refractivity contribution in [3.63, 3.8) is 0 Å². The maximum Gasteiger partial charge on any atom is 0.316 e. The Morgan fingerprint density at radius 3 is 2.39 bits per heavy atom. The van der Waals surface area contributed by atoms with Crippen molar-refractivity contribution in [3.05, 3.63) is 45.8 Å². The van der Waals surface area contributed by atoms with Gasteiger partial charge in [-0.05, 0) is 58.7 Å². The number of piperazine rings is 1. The fourth-order valence-corrected chi connectivity index (χ4v) is 6.17. The summed E-state index contributed by atoms with van der Waals surface area (Å²) in [6.45, 7) is 8.95. The Kier molecular flexibility index (Phi) is 8.28. The average Bonchev–Trinajstić information content (AvgIpc) is 3.26. The molecule has 4 rings (SSSR count). The number of halogens is 1. The zero-order chi connectivity index (χ0) is 26.0. The van der Waals surface area contributed by atoms with Crippen LogP contribution in [0, 0.1) is 0 Å². The second-order valence-electron chi connectivity index (χ2n) is 9.90. The molecule has 2 atom stereocenters. The molecule has 2 aliphatic rings. The standard InChI is InChI=1S/C25H35ClN4O5S/c1-17(2)34-21-8-9-22(15-21)35-24-23(28-10-12-29(13-11-28)36(32,33)18(3)4)16-27-30(25(24)31)20-7-5-6-19(26)14-20/h5-7,14,16-18,21-22H,8-13,15H2,1-4H3. The van der Waals surface area contributed by atoms with Crippen molar-refractivity contribution in [2.24, 2.45) is 0 Å². The minimum absolute atomic E-state index is 0.0974. The summed E-state index contributed by atoms with van der Waals surface area (Å²) in [6.07, 6.45) is 4.06. The number of nitrogens with zero attached hydrogens (tertiary/aromatic N) is 4. The first kappa shape index (κ1) is 26.9. The summed E-state index contributed by atoms with van der Waals surface area (Å²) in [7, 11) is -3.34. The first-order valence-electron chi connectivity index (χ1n) is 12.5. The van der Waals surface area contributed by atoms with Crippen molar-refractivity contribution in [3.8, 4) is 11.4 Å². The van der Waals surface area contributed by atoms with Crippen LogP contribution in [0.5, 0.6) is 5.75 Å². The van der Waals surface area contributed by atoms with E-state index in [9.17, 15) is 13.2 Å². The molecule has 1 saturated carbocycles. The van der Waals surface area contributed by atoms with Gasteiger partial charge >= 0.3 is 5.56 Å². The monoisotopic (exact) mass is 538 g/mol. The van der Waals surface area contributed by atoms with E-state index in [0.717, 1.165) is 12.8 Å². The minimum atomic E-state index is -3.34. The molecule has 2 fully saturated rings. The summed E-state index contributed by atoms with van der Waals surface area (Å²) in [4.78, 5) is 15.7. The smallest absolute Gasteiger partial charge is 0.316 e. The number of rotatable bonds is 8. The molecule has 0 amide bonds. The maximum absolute atomic E-state index is 13.7. The SMILES string of the molecule is CC(C)OC1CCC(Oc2c(N3CCN(S(=O)(=O)C(C)C)CC3)cnn(-c3cccc(Cl)c3)c2=O)C1. The summed E-state index contributed by atoms with van der Waals surface area (Å²) < 4.78 is 40.4. The van der Waals surface area contributed by atoms with E-state index in [4.69, 9.17) is 21.1 Å². The Balaban J connectivity index is 1.63. The number of aromatic nitrogens is 2. The molecule has 1 aromatic carbocycles. The van der Waals surface area contributed by atoms with Crippen molar-refractivity contribution < 1.29 is 17.9 Å². The molecule has 36 heavy (non-hydrogen) atoms. The summed E-state index contributed by atoms with van der Waals surface area (Å²) in [5.41, 5.74) is 0.748. The van der Waals surface area contributed by atoms with Crippen LogP contribution in [-0.4, -0.2) is 72.2 Å². The van der Waals surface area contributed by atoms with Crippen molar-refractivity contribution in [2.75, 3.05) is 31.1 Å². The van der Waals surface area contributed by atoms with Crippen LogP contribution in [0.3, 0.4) is 0 Å². The molecular weight excluding hydrogens is 504 g/mol. The van der Waals surface area contributed by atoms with Gasteiger partial charge in [0, 0.05) is 37.6 Å². The van der Waals surface area contributed by atoms with Crippen LogP contribution in [0.2, 0.25) is 5.02 Å². The number of ether oxygens (including phenoxy) is 2. The zero-order valence-corrected chi connectivity index (χ0v) is 22.8. The Hall–Kier alpha value is -2.14. The molecule has 9 nitrogen and oxygen atoms in total. The molecule has 1 aromatic heterocycles. The fraction of sp³-hybridized carbons (Fsp3) is 0.600. The third-order valence-corrected chi connectivity index (χ3v) is 9.10. The molecule has 0 N–H and O–H groups in total. The van der Waals surface area contributed by atoms with Gasteiger partial charge in [-0.25, -0.2) is 8.42 Å². The van der Waals surface area contributed by atoms with E-state index in [1.807, 2.05) is 18.7 Å². The van der Waals surface area contributed by atoms with Gasteiger partial charge in [-0.3, -0.25) is 4.79 Å². The van der Waals surface area contributed by atoms with Crippen molar-refractivity contribution in [1.82, 2.24) is 14.1 Å². The second-order valence-corrected chi connectivity index (χ2v) is 12.8. The highest BCUT2D eigenvalue weighted by molar-refractivity contribution is 7.89. The predicted molar refractivity (Wildman–Crippen MR) is 141 cm³/mol. The minimum Gasteiger partial charge on any atom is -0.483 e. The van der Waals surface area contributed by atoms with Crippen LogP contribution < -0.4 is 15.2 Å². The Morgan fingerprint density at radius 1 is 1.06 bits per heavy atom. The van der Waals surface area contributed by atoms with Crippen LogP contribution in [-0.2, 0) is 14.8 Å². The van der Waals surface area contributed by atoms with Crippen molar-refractivity contribution in [2.45, 2.75) is 70.5 Å². The number of hydrogen-bond acceptors (Lipinski definition) is 7. The maximum atomic E-state index is 13.7. The van der Waals surface area contributed by atoms with Gasteiger partial charge in [0.05, 0.1) is 29.3 Å². The second kappa shape index (κ2) is 11.1. The van der Waals surface area contributed by atoms with E-state index in [-0.39, 0.29) is 29.6 Å². The Morgan fingerprint density at radius 2 is 1.75 bits per heavy atom. The molecule has 198 valence electrons. The lowest BCUT2D eigenvalue weighted by Crippen LogP contribution is -2.50. The molecule has 0 spiro atoms. The van der Waals surface area contributed by atoms with E-state index >= 15 is 0 Å². The molecule has 1 aliphatic heterocycles. The van der Waals surface area contributed by atoms with Gasteiger partial charge in [-0.2, -0.15) is 14.1 Å². The molecule has 0 radical (unpaired) electrons. The Labute approximate surface area is 218 Å². The highest BCUT2D eigenvalue weighted by Gasteiger charge is 2.33. The van der Waals surface area contributed by atoms with Crippen LogP contribution >= 0.6 is 11.6 Å². The third-order valence-electron chi connectivity index (χ3n) is 6.59. The van der Waals surface area contributed by atoms with Gasteiger partial charge in [-0.1, -0.05) is 17.7 Å². The molecule has 1 saturated heterocycles. The van der Waals surface area contributed by atoms with Gasteiger partial charge in [0.2, 0.25) is 15.8 Å². The van der Waals surface area contributed by atoms with Gasteiger partial charge in [0.15, 0.2) is 0 Å². The van der Waals surface area contributed by atoms with Crippen molar-refractivity contribution in [1.29, 1.82) is 0 Å². The van der Waals surface area contributed by atoms with Gasteiger partial charge in [0.1, 0.15) is 11.8 Å². The summed E-state index contributed by atoms with van der Waals surface area (Å²) in [5.74, 6) is 0.223. The first-order chi connectivity index (χ1) is 17.1. The first-order valence-corrected chi connectivity index (χ1v) is 14.4. The number of benzene rings is 1. The average molecular weight is 539 g/mol. The van der Waals surface area contributed by atoms with E-state index in [2.05, 4.69) is 5.10 Å². The summed E-state index contributed by atoms with van der Waals surface area (Å²) in [5, 5.41) is 4.44. The van der Waals surface area contributed by atoms with Crippen LogP contribution in [0.25, 0.3) is 5.69 Å². The lowest BCUT2D eigenvalue weighted by atomic mass is 10.2. The predicted octanol–water partition coefficient (Wildman–Crippen LogP) is 3.47. The lowest BCUT2D eigenvalue weighted by molar-refractivity contribution is 0.00677. The highest BCUT2D eigenvalue weighted by atomic mass is 35.5. The van der Waals surface area contributed by atoms with E-state index in [1.54, 1.807) is 44.3 Å². The van der Waals surface area contributed by atoms with Gasteiger partial charge in [0.25, 0.3) is 0 Å². The highest BCUT2D eigenvalue weighted by Crippen LogP contribution is 2.32. The molecular formula is C25H35ClN4O5S. The Bertz CT molecular complexity index is 1230. The fourth-order valence-electron chi connectivity index (χ4n) is 4.72. The molecule has 1 aliphatic carbocycles. The van der Waals surface area contributed by atoms with Gasteiger partial charge < -0.3 is 14.4 Å². The number of hydrogen-bond donors (Lipinski definition) is 0. The quantitative estimate of drug-likeness (QED) is 0.508. The van der Waals surface area contributed by atoms with Gasteiger partial charge in [-0.15, -0.1) is 0 Å².